The van der Waals surface area contributed by atoms with Crippen LogP contribution in [0.15, 0.2) is 45.6 Å². The van der Waals surface area contributed by atoms with Crippen molar-refractivity contribution in [2.45, 2.75) is 20.0 Å². The van der Waals surface area contributed by atoms with Crippen molar-refractivity contribution in [2.24, 2.45) is 0 Å². The van der Waals surface area contributed by atoms with Gasteiger partial charge in [0.15, 0.2) is 5.43 Å². The van der Waals surface area contributed by atoms with Crippen molar-refractivity contribution >= 4 is 11.0 Å². The van der Waals surface area contributed by atoms with E-state index in [9.17, 15) is 15.0 Å². The smallest absolute Gasteiger partial charge is 0.197 e. The number of hydrogen-bond acceptors (Lipinski definition) is 5. The molecule has 2 aromatic carbocycles. The van der Waals surface area contributed by atoms with Gasteiger partial charge < -0.3 is 19.7 Å². The van der Waals surface area contributed by atoms with Gasteiger partial charge in [0.25, 0.3) is 0 Å². The average molecular weight is 311 g/mol. The van der Waals surface area contributed by atoms with Gasteiger partial charge in [0, 0.05) is 11.6 Å². The fraction of sp³-hybridized carbons (Fsp3) is 0.167. The van der Waals surface area contributed by atoms with E-state index < -0.39 is 16.9 Å². The zero-order valence-electron chi connectivity index (χ0n) is 12.5. The van der Waals surface area contributed by atoms with Crippen LogP contribution in [-0.4, -0.2) is 10.2 Å². The normalized spacial score (nSPS) is 11.0. The molecule has 0 aliphatic heterocycles. The summed E-state index contributed by atoms with van der Waals surface area (Å²) in [5.74, 6) is -0.755. The second kappa shape index (κ2) is 5.78. The summed E-state index contributed by atoms with van der Waals surface area (Å²) in [4.78, 5) is 12.3. The van der Waals surface area contributed by atoms with Gasteiger partial charge in [0.1, 0.15) is 22.5 Å². The summed E-state index contributed by atoms with van der Waals surface area (Å²) in [6.45, 7) is 1.72. The second-order valence-electron chi connectivity index (χ2n) is 5.27. The maximum atomic E-state index is 12.3. The predicted molar refractivity (Wildman–Crippen MR) is 84.3 cm³/mol. The minimum Gasteiger partial charge on any atom is -0.870 e. The molecule has 1 aromatic heterocycles. The van der Waals surface area contributed by atoms with E-state index in [2.05, 4.69) is 0 Å². The van der Waals surface area contributed by atoms with E-state index in [1.54, 1.807) is 31.2 Å². The summed E-state index contributed by atoms with van der Waals surface area (Å²) in [6, 6.07) is 9.69. The van der Waals surface area contributed by atoms with Crippen molar-refractivity contribution in [3.8, 4) is 22.8 Å². The molecule has 3 aromatic rings. The van der Waals surface area contributed by atoms with Crippen LogP contribution in [0.25, 0.3) is 22.3 Å². The molecule has 0 spiro atoms. The molecule has 0 aliphatic rings. The fourth-order valence-electron chi connectivity index (χ4n) is 2.52. The van der Waals surface area contributed by atoms with Crippen LogP contribution in [0, 0.1) is 0 Å². The molecule has 118 valence electrons. The molecule has 0 saturated heterocycles. The molecule has 0 radical (unpaired) electrons. The van der Waals surface area contributed by atoms with Gasteiger partial charge in [0.2, 0.25) is 0 Å². The summed E-state index contributed by atoms with van der Waals surface area (Å²) in [6.07, 6.45) is 0.432. The molecule has 0 saturated carbocycles. The number of phenolic OH excluding ortho intramolecular Hbond substituents is 1. The Kier molecular flexibility index (Phi) is 3.80. The number of hydrogen-bond donors (Lipinski definition) is 2. The summed E-state index contributed by atoms with van der Waals surface area (Å²) >= 11 is 0. The molecule has 0 unspecified atom stereocenters. The largest absolute Gasteiger partial charge is 0.870 e. The van der Waals surface area contributed by atoms with E-state index in [4.69, 9.17) is 9.52 Å². The molecule has 1 heterocycles. The van der Waals surface area contributed by atoms with Gasteiger partial charge in [0.05, 0.1) is 6.61 Å². The highest BCUT2D eigenvalue weighted by molar-refractivity contribution is 5.88. The van der Waals surface area contributed by atoms with Gasteiger partial charge in [-0.1, -0.05) is 36.9 Å². The van der Waals surface area contributed by atoms with Gasteiger partial charge in [-0.05, 0) is 23.6 Å². The molecule has 0 aliphatic carbocycles. The number of rotatable bonds is 3. The highest BCUT2D eigenvalue weighted by atomic mass is 16.3. The molecule has 2 N–H and O–H groups in total. The van der Waals surface area contributed by atoms with Crippen LogP contribution in [0.4, 0.5) is 0 Å². The first kappa shape index (κ1) is 15.1. The molecule has 0 fully saturated rings. The van der Waals surface area contributed by atoms with Gasteiger partial charge >= 0.3 is 0 Å². The summed E-state index contributed by atoms with van der Waals surface area (Å²) in [7, 11) is 0. The lowest BCUT2D eigenvalue weighted by molar-refractivity contribution is -0.271. The van der Waals surface area contributed by atoms with Crippen molar-refractivity contribution < 1.29 is 19.7 Å². The molecule has 0 bridgehead atoms. The van der Waals surface area contributed by atoms with Crippen molar-refractivity contribution in [3.05, 3.63) is 57.7 Å². The monoisotopic (exact) mass is 311 g/mol. The molecule has 5 heteroatoms. The SMILES string of the molecule is CCc1cc2oc(-c3ccc(CO)cc3)cc(=O)c2c(O)c1[O-]. The van der Waals surface area contributed by atoms with Gasteiger partial charge in [-0.15, -0.1) is 0 Å². The summed E-state index contributed by atoms with van der Waals surface area (Å²) < 4.78 is 5.72. The maximum absolute atomic E-state index is 12.3. The molecule has 3 rings (SSSR count). The maximum Gasteiger partial charge on any atom is 0.197 e. The Balaban J connectivity index is 2.24. The first-order chi connectivity index (χ1) is 11.0. The van der Waals surface area contributed by atoms with Crippen LogP contribution in [0.2, 0.25) is 0 Å². The van der Waals surface area contributed by atoms with Crippen molar-refractivity contribution in [1.82, 2.24) is 0 Å². The number of phenols is 1. The van der Waals surface area contributed by atoms with E-state index in [0.717, 1.165) is 5.56 Å². The van der Waals surface area contributed by atoms with E-state index in [-0.39, 0.29) is 17.6 Å². The quantitative estimate of drug-likeness (QED) is 0.774. The number of aliphatic hydroxyl groups is 1. The zero-order chi connectivity index (χ0) is 16.6. The van der Waals surface area contributed by atoms with Crippen molar-refractivity contribution in [1.29, 1.82) is 0 Å². The van der Waals surface area contributed by atoms with Gasteiger partial charge in [-0.3, -0.25) is 4.79 Å². The zero-order valence-corrected chi connectivity index (χ0v) is 12.5. The lowest BCUT2D eigenvalue weighted by Gasteiger charge is -2.16. The number of fused-ring (bicyclic) bond motifs is 1. The van der Waals surface area contributed by atoms with Gasteiger partial charge in [-0.2, -0.15) is 0 Å². The molecule has 5 nitrogen and oxygen atoms in total. The first-order valence-corrected chi connectivity index (χ1v) is 7.25. The lowest BCUT2D eigenvalue weighted by Crippen LogP contribution is -2.05. The third-order valence-corrected chi connectivity index (χ3v) is 3.83. The van der Waals surface area contributed by atoms with E-state index >= 15 is 0 Å². The van der Waals surface area contributed by atoms with E-state index in [1.807, 2.05) is 0 Å². The van der Waals surface area contributed by atoms with Crippen LogP contribution >= 0.6 is 0 Å². The van der Waals surface area contributed by atoms with E-state index in [0.29, 0.717) is 23.3 Å². The molecule has 0 amide bonds. The Bertz CT molecular complexity index is 923. The van der Waals surface area contributed by atoms with E-state index in [1.165, 1.54) is 12.1 Å². The molecule has 23 heavy (non-hydrogen) atoms. The number of aliphatic hydroxyl groups excluding tert-OH is 1. The second-order valence-corrected chi connectivity index (χ2v) is 5.27. The fourth-order valence-corrected chi connectivity index (χ4v) is 2.52. The van der Waals surface area contributed by atoms with Crippen LogP contribution < -0.4 is 10.5 Å². The molecule has 0 atom stereocenters. The van der Waals surface area contributed by atoms with Crippen LogP contribution in [0.1, 0.15) is 18.1 Å². The minimum atomic E-state index is -0.560. The molecular weight excluding hydrogens is 296 g/mol. The first-order valence-electron chi connectivity index (χ1n) is 7.25. The van der Waals surface area contributed by atoms with Crippen LogP contribution in [0.3, 0.4) is 0 Å². The number of benzene rings is 2. The standard InChI is InChI=1S/C18H16O5/c1-2-11-7-15-16(18(22)17(11)21)13(20)8-14(23-15)12-5-3-10(9-19)4-6-12/h3-8,19,21-22H,2,9H2,1H3/p-1. The van der Waals surface area contributed by atoms with Crippen LogP contribution in [-0.2, 0) is 13.0 Å². The summed E-state index contributed by atoms with van der Waals surface area (Å²) in [5.41, 5.74) is 1.53. The number of aryl methyl sites for hydroxylation is 1. The Hall–Kier alpha value is -2.79. The third kappa shape index (κ3) is 2.55. The van der Waals surface area contributed by atoms with Crippen molar-refractivity contribution in [2.75, 3.05) is 0 Å². The minimum absolute atomic E-state index is 0.0675. The third-order valence-electron chi connectivity index (χ3n) is 3.83. The Morgan fingerprint density at radius 1 is 1.17 bits per heavy atom. The number of aromatic hydroxyl groups is 1. The average Bonchev–Trinajstić information content (AvgIpc) is 2.57. The van der Waals surface area contributed by atoms with Crippen molar-refractivity contribution in [3.63, 3.8) is 0 Å². The lowest BCUT2D eigenvalue weighted by atomic mass is 10.1. The predicted octanol–water partition coefficient (Wildman–Crippen LogP) is 2.29. The highest BCUT2D eigenvalue weighted by Crippen LogP contribution is 2.35. The highest BCUT2D eigenvalue weighted by Gasteiger charge is 2.13. The Morgan fingerprint density at radius 2 is 1.87 bits per heavy atom. The Morgan fingerprint density at radius 3 is 2.48 bits per heavy atom. The topological polar surface area (TPSA) is 93.7 Å². The van der Waals surface area contributed by atoms with Crippen LogP contribution in [0.5, 0.6) is 11.5 Å². The summed E-state index contributed by atoms with van der Waals surface area (Å²) in [5, 5.41) is 30.9. The van der Waals surface area contributed by atoms with Gasteiger partial charge in [-0.25, -0.2) is 0 Å². The Labute approximate surface area is 132 Å². The molecular formula is C18H15O5-.